The average molecular weight is 487 g/mol. The maximum atomic E-state index is 13.3. The number of aromatic nitrogens is 4. The van der Waals surface area contributed by atoms with E-state index in [-0.39, 0.29) is 17.8 Å². The number of fused-ring (bicyclic) bond motifs is 1. The van der Waals surface area contributed by atoms with Crippen molar-refractivity contribution in [2.45, 2.75) is 52.3 Å². The summed E-state index contributed by atoms with van der Waals surface area (Å²) in [6.45, 7) is 7.15. The Morgan fingerprint density at radius 3 is 2.63 bits per heavy atom. The number of hydrogen-bond donors (Lipinski definition) is 2. The van der Waals surface area contributed by atoms with E-state index in [4.69, 9.17) is 5.73 Å². The highest BCUT2D eigenvalue weighted by Crippen LogP contribution is 2.35. The van der Waals surface area contributed by atoms with Crippen molar-refractivity contribution in [1.29, 1.82) is 0 Å². The highest BCUT2D eigenvalue weighted by atomic mass is 79.9. The van der Waals surface area contributed by atoms with Crippen molar-refractivity contribution in [3.05, 3.63) is 45.3 Å². The molecule has 1 amide bonds. The first-order valence-electron chi connectivity index (χ1n) is 9.32. The smallest absolute Gasteiger partial charge is 0.392 e. The van der Waals surface area contributed by atoms with Gasteiger partial charge in [0.15, 0.2) is 11.5 Å². The van der Waals surface area contributed by atoms with Gasteiger partial charge in [0.25, 0.3) is 0 Å². The van der Waals surface area contributed by atoms with Gasteiger partial charge in [0.2, 0.25) is 5.91 Å². The van der Waals surface area contributed by atoms with Crippen LogP contribution in [0.2, 0.25) is 0 Å². The Morgan fingerprint density at radius 1 is 1.33 bits per heavy atom. The number of amides is 1. The molecule has 1 aliphatic rings. The Labute approximate surface area is 180 Å². The Hall–Kier alpha value is -2.56. The van der Waals surface area contributed by atoms with E-state index in [1.165, 1.54) is 0 Å². The molecule has 2 aromatic rings. The lowest BCUT2D eigenvalue weighted by molar-refractivity contribution is -0.142. The molecule has 0 bridgehead atoms. The van der Waals surface area contributed by atoms with Crippen LogP contribution in [-0.4, -0.2) is 25.2 Å². The molecule has 0 unspecified atom stereocenters. The van der Waals surface area contributed by atoms with Gasteiger partial charge in [0.1, 0.15) is 6.54 Å². The van der Waals surface area contributed by atoms with Gasteiger partial charge in [-0.25, -0.2) is 4.98 Å². The van der Waals surface area contributed by atoms with Crippen molar-refractivity contribution in [1.82, 2.24) is 24.6 Å². The molecular weight excluding hydrogens is 465 g/mol. The Morgan fingerprint density at radius 2 is 2.00 bits per heavy atom. The largest absolute Gasteiger partial charge is 0.435 e. The van der Waals surface area contributed by atoms with E-state index in [2.05, 4.69) is 37.9 Å². The van der Waals surface area contributed by atoms with Crippen molar-refractivity contribution in [3.8, 4) is 0 Å². The van der Waals surface area contributed by atoms with Gasteiger partial charge in [-0.3, -0.25) is 14.0 Å². The van der Waals surface area contributed by atoms with Gasteiger partial charge in [0.05, 0.1) is 16.0 Å². The SMILES string of the molecule is C=C(NC(=O)Cn1nc(C(F)(F)F)c2c1CCCC2)c1nc(C)c(C)n1/C=C(\N)Br. The summed E-state index contributed by atoms with van der Waals surface area (Å²) in [6, 6.07) is 0. The molecule has 1 aliphatic carbocycles. The number of rotatable bonds is 5. The predicted octanol–water partition coefficient (Wildman–Crippen LogP) is 3.49. The minimum Gasteiger partial charge on any atom is -0.392 e. The number of nitrogens with two attached hydrogens (primary N) is 1. The predicted molar refractivity (Wildman–Crippen MR) is 110 cm³/mol. The highest BCUT2D eigenvalue weighted by molar-refractivity contribution is 9.11. The third-order valence-corrected chi connectivity index (χ3v) is 5.22. The quantitative estimate of drug-likeness (QED) is 0.632. The third-order valence-electron chi connectivity index (χ3n) is 5.02. The van der Waals surface area contributed by atoms with Crippen LogP contribution in [0.3, 0.4) is 0 Å². The molecule has 162 valence electrons. The van der Waals surface area contributed by atoms with Crippen molar-refractivity contribution >= 4 is 33.7 Å². The Kier molecular flexibility index (Phi) is 6.11. The lowest BCUT2D eigenvalue weighted by Gasteiger charge is -2.15. The topological polar surface area (TPSA) is 90.8 Å². The van der Waals surface area contributed by atoms with Crippen molar-refractivity contribution in [2.75, 3.05) is 0 Å². The summed E-state index contributed by atoms with van der Waals surface area (Å²) in [5, 5.41) is 6.32. The molecule has 3 N–H and O–H groups in total. The summed E-state index contributed by atoms with van der Waals surface area (Å²) in [4.78, 5) is 17.0. The first kappa shape index (κ1) is 22.1. The summed E-state index contributed by atoms with van der Waals surface area (Å²) in [5.41, 5.74) is 7.19. The number of nitrogens with one attached hydrogen (secondary N) is 1. The first-order valence-corrected chi connectivity index (χ1v) is 10.1. The fourth-order valence-electron chi connectivity index (χ4n) is 3.55. The Bertz CT molecular complexity index is 1030. The standard InChI is InChI=1S/C19H22BrF3N6O/c1-10-12(3)28(8-15(20)24)18(26-10)11(2)25-16(30)9-29-14-7-5-4-6-13(14)17(27-29)19(21,22)23/h8H,2,4-7,9,24H2,1,3H3,(H,25,30)/b15-8-. The number of imidazole rings is 1. The number of carbonyl (C=O) groups excluding carboxylic acids is 1. The van der Waals surface area contributed by atoms with Crippen LogP contribution in [0.4, 0.5) is 13.2 Å². The maximum absolute atomic E-state index is 13.3. The minimum absolute atomic E-state index is 0.195. The molecule has 0 saturated heterocycles. The molecular formula is C19H22BrF3N6O. The van der Waals surface area contributed by atoms with Gasteiger partial charge in [-0.05, 0) is 55.5 Å². The first-order chi connectivity index (χ1) is 14.0. The third kappa shape index (κ3) is 4.45. The van der Waals surface area contributed by atoms with Crippen LogP contribution in [0.25, 0.3) is 11.9 Å². The molecule has 3 rings (SSSR count). The van der Waals surface area contributed by atoms with E-state index in [0.29, 0.717) is 35.4 Å². The lowest BCUT2D eigenvalue weighted by atomic mass is 9.95. The monoisotopic (exact) mass is 486 g/mol. The second-order valence-electron chi connectivity index (χ2n) is 7.15. The van der Waals surface area contributed by atoms with Crippen LogP contribution < -0.4 is 11.1 Å². The second-order valence-corrected chi connectivity index (χ2v) is 8.07. The zero-order valence-electron chi connectivity index (χ0n) is 16.6. The summed E-state index contributed by atoms with van der Waals surface area (Å²) in [5.74, 6) is -0.163. The number of hydrogen-bond acceptors (Lipinski definition) is 4. The maximum Gasteiger partial charge on any atom is 0.435 e. The van der Waals surface area contributed by atoms with E-state index in [0.717, 1.165) is 22.5 Å². The molecule has 0 spiro atoms. The molecule has 0 atom stereocenters. The minimum atomic E-state index is -4.55. The highest BCUT2D eigenvalue weighted by Gasteiger charge is 2.39. The van der Waals surface area contributed by atoms with E-state index >= 15 is 0 Å². The van der Waals surface area contributed by atoms with E-state index < -0.39 is 17.8 Å². The molecule has 2 aromatic heterocycles. The van der Waals surface area contributed by atoms with Crippen LogP contribution in [0, 0.1) is 13.8 Å². The number of nitrogens with zero attached hydrogens (tertiary/aromatic N) is 4. The molecule has 0 aromatic carbocycles. The summed E-state index contributed by atoms with van der Waals surface area (Å²) < 4.78 is 43.1. The zero-order chi connectivity index (χ0) is 22.2. The molecule has 0 saturated carbocycles. The van der Waals surface area contributed by atoms with E-state index in [9.17, 15) is 18.0 Å². The molecule has 11 heteroatoms. The molecule has 0 radical (unpaired) electrons. The van der Waals surface area contributed by atoms with Crippen LogP contribution >= 0.6 is 15.9 Å². The van der Waals surface area contributed by atoms with Gasteiger partial charge in [-0.1, -0.05) is 6.58 Å². The summed E-state index contributed by atoms with van der Waals surface area (Å²) >= 11 is 3.16. The lowest BCUT2D eigenvalue weighted by Crippen LogP contribution is -2.28. The van der Waals surface area contributed by atoms with Crippen molar-refractivity contribution < 1.29 is 18.0 Å². The number of carbonyl (C=O) groups is 1. The van der Waals surface area contributed by atoms with Gasteiger partial charge in [0, 0.05) is 23.2 Å². The Balaban J connectivity index is 1.82. The summed E-state index contributed by atoms with van der Waals surface area (Å²) in [6.07, 6.45) is -0.744. The molecule has 30 heavy (non-hydrogen) atoms. The van der Waals surface area contributed by atoms with Gasteiger partial charge in [-0.15, -0.1) is 0 Å². The molecule has 0 fully saturated rings. The van der Waals surface area contributed by atoms with Gasteiger partial charge >= 0.3 is 6.18 Å². The van der Waals surface area contributed by atoms with Crippen molar-refractivity contribution in [3.63, 3.8) is 0 Å². The number of alkyl halides is 3. The second kappa shape index (κ2) is 8.29. The number of aryl methyl sites for hydroxylation is 1. The molecule has 2 heterocycles. The van der Waals surface area contributed by atoms with Crippen LogP contribution in [0.5, 0.6) is 0 Å². The molecule has 7 nitrogen and oxygen atoms in total. The normalized spacial score (nSPS) is 14.5. The van der Waals surface area contributed by atoms with Gasteiger partial charge in [-0.2, -0.15) is 18.3 Å². The fourth-order valence-corrected chi connectivity index (χ4v) is 3.75. The van der Waals surface area contributed by atoms with Crippen LogP contribution in [0.1, 0.15) is 47.0 Å². The fraction of sp³-hybridized carbons (Fsp3) is 0.421. The summed E-state index contributed by atoms with van der Waals surface area (Å²) in [7, 11) is 0. The van der Waals surface area contributed by atoms with Crippen molar-refractivity contribution in [2.24, 2.45) is 5.73 Å². The van der Waals surface area contributed by atoms with Crippen LogP contribution in [-0.2, 0) is 30.4 Å². The zero-order valence-corrected chi connectivity index (χ0v) is 18.2. The molecule has 0 aliphatic heterocycles. The van der Waals surface area contributed by atoms with E-state index in [1.54, 1.807) is 17.7 Å². The average Bonchev–Trinajstić information content (AvgIpc) is 3.14. The number of halogens is 4. The van der Waals surface area contributed by atoms with Gasteiger partial charge < -0.3 is 11.1 Å². The van der Waals surface area contributed by atoms with E-state index in [1.807, 2.05) is 6.92 Å². The van der Waals surface area contributed by atoms with Crippen LogP contribution in [0.15, 0.2) is 11.2 Å².